The molecule has 0 aromatic heterocycles. The van der Waals surface area contributed by atoms with Gasteiger partial charge >= 0.3 is 0 Å². The van der Waals surface area contributed by atoms with Crippen LogP contribution in [0.2, 0.25) is 0 Å². The van der Waals surface area contributed by atoms with Crippen LogP contribution >= 0.6 is 0 Å². The molecule has 0 fully saturated rings. The highest BCUT2D eigenvalue weighted by molar-refractivity contribution is 5.83. The van der Waals surface area contributed by atoms with E-state index in [1.807, 2.05) is 60.7 Å². The van der Waals surface area contributed by atoms with Crippen LogP contribution in [-0.2, 0) is 22.7 Å². The second kappa shape index (κ2) is 11.7. The van der Waals surface area contributed by atoms with Crippen molar-refractivity contribution in [3.8, 4) is 0 Å². The average Bonchev–Trinajstić information content (AvgIpc) is 2.87. The first kappa shape index (κ1) is 23.1. The first-order chi connectivity index (χ1) is 16.8. The Morgan fingerprint density at radius 3 is 1.41 bits per heavy atom. The van der Waals surface area contributed by atoms with E-state index in [9.17, 15) is 0 Å². The lowest BCUT2D eigenvalue weighted by Crippen LogP contribution is -2.31. The van der Waals surface area contributed by atoms with Gasteiger partial charge in [-0.25, -0.2) is 0 Å². The van der Waals surface area contributed by atoms with Gasteiger partial charge in [0.15, 0.2) is 0 Å². The van der Waals surface area contributed by atoms with Crippen molar-refractivity contribution >= 4 is 21.5 Å². The third-order valence-corrected chi connectivity index (χ3v) is 5.59. The van der Waals surface area contributed by atoms with Crippen molar-refractivity contribution in [3.05, 3.63) is 117 Å². The van der Waals surface area contributed by atoms with E-state index in [1.54, 1.807) is 0 Å². The van der Waals surface area contributed by atoms with E-state index in [4.69, 9.17) is 20.5 Å². The van der Waals surface area contributed by atoms with Crippen LogP contribution in [0.5, 0.6) is 0 Å². The van der Waals surface area contributed by atoms with Gasteiger partial charge in [0.2, 0.25) is 0 Å². The van der Waals surface area contributed by atoms with Crippen molar-refractivity contribution in [2.24, 2.45) is 10.2 Å². The standard InChI is InChI=1S/C26H24N6O2/c27-31-29-25(17-33-15-19-9-11-21-5-1-3-7-23(21)13-19)26(30-32-28)18-34-16-20-10-12-22-6-2-4-8-24(22)14-20/h1-14,25-26H,15-18H2/t25-,26-/m1/s1. The largest absolute Gasteiger partial charge is 0.376 e. The number of nitrogens with zero attached hydrogens (tertiary/aromatic N) is 6. The summed E-state index contributed by atoms with van der Waals surface area (Å²) in [5.41, 5.74) is 20.1. The molecule has 0 bridgehead atoms. The molecular formula is C26H24N6O2. The Bertz CT molecular complexity index is 1260. The molecule has 4 aromatic carbocycles. The number of rotatable bonds is 11. The molecule has 0 spiro atoms. The van der Waals surface area contributed by atoms with Gasteiger partial charge in [0.25, 0.3) is 0 Å². The number of fused-ring (bicyclic) bond motifs is 2. The summed E-state index contributed by atoms with van der Waals surface area (Å²) < 4.78 is 11.6. The van der Waals surface area contributed by atoms with Crippen LogP contribution in [0, 0.1) is 0 Å². The maximum Gasteiger partial charge on any atom is 0.0717 e. The molecular weight excluding hydrogens is 428 g/mol. The third-order valence-electron chi connectivity index (χ3n) is 5.59. The van der Waals surface area contributed by atoms with E-state index in [0.717, 1.165) is 32.7 Å². The number of benzene rings is 4. The van der Waals surface area contributed by atoms with E-state index in [2.05, 4.69) is 44.3 Å². The number of hydrogen-bond acceptors (Lipinski definition) is 4. The highest BCUT2D eigenvalue weighted by atomic mass is 16.5. The zero-order chi connectivity index (χ0) is 23.6. The molecule has 0 saturated carbocycles. The summed E-state index contributed by atoms with van der Waals surface area (Å²) in [6.07, 6.45) is 0. The molecule has 0 aliphatic rings. The van der Waals surface area contributed by atoms with Gasteiger partial charge in [-0.3, -0.25) is 0 Å². The molecule has 0 N–H and O–H groups in total. The Labute approximate surface area is 197 Å². The molecule has 4 rings (SSSR count). The lowest BCUT2D eigenvalue weighted by Gasteiger charge is -2.19. The fraction of sp³-hybridized carbons (Fsp3) is 0.231. The lowest BCUT2D eigenvalue weighted by atomic mass is 10.1. The molecule has 0 aliphatic carbocycles. The molecule has 34 heavy (non-hydrogen) atoms. The van der Waals surface area contributed by atoms with Crippen molar-refractivity contribution in [2.75, 3.05) is 13.2 Å². The molecule has 4 aromatic rings. The summed E-state index contributed by atoms with van der Waals surface area (Å²) in [5, 5.41) is 12.2. The monoisotopic (exact) mass is 452 g/mol. The van der Waals surface area contributed by atoms with Crippen LogP contribution in [-0.4, -0.2) is 25.3 Å². The van der Waals surface area contributed by atoms with E-state index >= 15 is 0 Å². The Kier molecular flexibility index (Phi) is 7.95. The van der Waals surface area contributed by atoms with Crippen molar-refractivity contribution in [1.82, 2.24) is 0 Å². The van der Waals surface area contributed by atoms with Crippen molar-refractivity contribution in [3.63, 3.8) is 0 Å². The molecule has 0 saturated heterocycles. The third kappa shape index (κ3) is 6.04. The van der Waals surface area contributed by atoms with Crippen LogP contribution in [0.1, 0.15) is 11.1 Å². The minimum atomic E-state index is -0.682. The van der Waals surface area contributed by atoms with Gasteiger partial charge in [-0.1, -0.05) is 83.0 Å². The minimum absolute atomic E-state index is 0.111. The summed E-state index contributed by atoms with van der Waals surface area (Å²) in [6, 6.07) is 27.1. The summed E-state index contributed by atoms with van der Waals surface area (Å²) in [7, 11) is 0. The molecule has 8 nitrogen and oxygen atoms in total. The van der Waals surface area contributed by atoms with Crippen LogP contribution in [0.15, 0.2) is 95.2 Å². The van der Waals surface area contributed by atoms with Gasteiger partial charge in [0, 0.05) is 9.82 Å². The smallest absolute Gasteiger partial charge is 0.0717 e. The summed E-state index contributed by atoms with van der Waals surface area (Å²) in [5.74, 6) is 0. The van der Waals surface area contributed by atoms with Gasteiger partial charge < -0.3 is 9.47 Å². The molecule has 0 amide bonds. The molecule has 0 aliphatic heterocycles. The maximum atomic E-state index is 9.02. The quantitative estimate of drug-likeness (QED) is 0.137. The summed E-state index contributed by atoms with van der Waals surface area (Å²) in [6.45, 7) is 0.923. The lowest BCUT2D eigenvalue weighted by molar-refractivity contribution is 0.0685. The van der Waals surface area contributed by atoms with Crippen molar-refractivity contribution in [1.29, 1.82) is 0 Å². The van der Waals surface area contributed by atoms with Gasteiger partial charge in [-0.15, -0.1) is 0 Å². The fourth-order valence-electron chi connectivity index (χ4n) is 3.83. The highest BCUT2D eigenvalue weighted by Gasteiger charge is 2.20. The average molecular weight is 453 g/mol. The van der Waals surface area contributed by atoms with Crippen LogP contribution in [0.25, 0.3) is 42.4 Å². The van der Waals surface area contributed by atoms with E-state index in [-0.39, 0.29) is 13.2 Å². The van der Waals surface area contributed by atoms with E-state index < -0.39 is 12.1 Å². The first-order valence-corrected chi connectivity index (χ1v) is 11.0. The second-order valence-corrected chi connectivity index (χ2v) is 7.94. The van der Waals surface area contributed by atoms with Crippen LogP contribution in [0.4, 0.5) is 0 Å². The first-order valence-electron chi connectivity index (χ1n) is 11.0. The molecule has 0 radical (unpaired) electrons. The zero-order valence-corrected chi connectivity index (χ0v) is 18.6. The molecule has 2 atom stereocenters. The number of ether oxygens (including phenoxy) is 2. The summed E-state index contributed by atoms with van der Waals surface area (Å²) >= 11 is 0. The Morgan fingerprint density at radius 2 is 1.00 bits per heavy atom. The topological polar surface area (TPSA) is 116 Å². The van der Waals surface area contributed by atoms with Crippen LogP contribution < -0.4 is 0 Å². The van der Waals surface area contributed by atoms with Crippen LogP contribution in [0.3, 0.4) is 0 Å². The van der Waals surface area contributed by atoms with Gasteiger partial charge in [-0.2, -0.15) is 0 Å². The second-order valence-electron chi connectivity index (χ2n) is 7.94. The van der Waals surface area contributed by atoms with Gasteiger partial charge in [0.05, 0.1) is 38.5 Å². The SMILES string of the molecule is [N-]=[N+]=N[C@H](COCc1ccc2ccccc2c1)[C@@H](COCc1ccc2ccccc2c1)N=[N+]=[N-]. The maximum absolute atomic E-state index is 9.02. The molecule has 8 heteroatoms. The highest BCUT2D eigenvalue weighted by Crippen LogP contribution is 2.18. The van der Waals surface area contributed by atoms with E-state index in [1.165, 1.54) is 0 Å². The minimum Gasteiger partial charge on any atom is -0.376 e. The fourth-order valence-corrected chi connectivity index (χ4v) is 3.83. The molecule has 0 unspecified atom stereocenters. The van der Waals surface area contributed by atoms with Crippen molar-refractivity contribution in [2.45, 2.75) is 25.3 Å². The number of hydrogen-bond donors (Lipinski definition) is 0. The summed E-state index contributed by atoms with van der Waals surface area (Å²) in [4.78, 5) is 5.82. The normalized spacial score (nSPS) is 12.6. The Balaban J connectivity index is 1.35. The molecule has 0 heterocycles. The predicted molar refractivity (Wildman–Crippen MR) is 133 cm³/mol. The van der Waals surface area contributed by atoms with Gasteiger partial charge in [-0.05, 0) is 55.9 Å². The Hall–Kier alpha value is -4.06. The van der Waals surface area contributed by atoms with Gasteiger partial charge in [0.1, 0.15) is 0 Å². The zero-order valence-electron chi connectivity index (χ0n) is 18.6. The number of azide groups is 2. The van der Waals surface area contributed by atoms with E-state index in [0.29, 0.717) is 13.2 Å². The Morgan fingerprint density at radius 1 is 0.588 bits per heavy atom. The predicted octanol–water partition coefficient (Wildman–Crippen LogP) is 7.08. The van der Waals surface area contributed by atoms with Crippen molar-refractivity contribution < 1.29 is 9.47 Å². The molecule has 170 valence electrons.